The lowest BCUT2D eigenvalue weighted by Crippen LogP contribution is -2.08. The Morgan fingerprint density at radius 1 is 0.900 bits per heavy atom. The molecule has 0 fully saturated rings. The highest BCUT2D eigenvalue weighted by molar-refractivity contribution is 7.83. The molecule has 0 aromatic carbocycles. The van der Waals surface area contributed by atoms with Crippen molar-refractivity contribution in [1.82, 2.24) is 0 Å². The molecule has 0 atom stereocenters. The van der Waals surface area contributed by atoms with Crippen LogP contribution in [0.15, 0.2) is 0 Å². The Kier molecular flexibility index (Phi) is 85.6. The molecule has 9 nitrogen and oxygen atoms in total. The van der Waals surface area contributed by atoms with Gasteiger partial charge in [0.05, 0.1) is 0 Å². The number of nitrogens with two attached hydrogens (primary N) is 1. The fraction of sp³-hybridized carbons (Fsp3) is 0. The lowest BCUT2D eigenvalue weighted by molar-refractivity contribution is 0.485. The van der Waals surface area contributed by atoms with E-state index in [0.29, 0.717) is 0 Å². The number of rotatable bonds is 0. The molecule has 0 aliphatic heterocycles. The SMILES string of the molecule is NS(=O)(=O)O.O.O.O.O.O. The summed E-state index contributed by atoms with van der Waals surface area (Å²) in [5.74, 6) is 0. The minimum atomic E-state index is -4.17. The average Bonchev–Trinajstić information content (AvgIpc) is 0.722. The third kappa shape index (κ3) is 3130. The first-order valence-corrected chi connectivity index (χ1v) is 2.25. The molecule has 0 heterocycles. The molecule has 0 rings (SSSR count). The molecule has 0 bridgehead atoms. The first-order chi connectivity index (χ1) is 2.00. The van der Waals surface area contributed by atoms with Crippen LogP contribution >= 0.6 is 0 Å². The first-order valence-electron chi connectivity index (χ1n) is 0.752. The van der Waals surface area contributed by atoms with Crippen molar-refractivity contribution < 1.29 is 40.4 Å². The summed E-state index contributed by atoms with van der Waals surface area (Å²) in [6.45, 7) is 0. The standard InChI is InChI=1S/H3NO3S.5H2O/c1-5(2,3)4;;;;;/h(H3,1,2,3,4);5*1H2. The van der Waals surface area contributed by atoms with Crippen molar-refractivity contribution in [2.24, 2.45) is 5.14 Å². The molecular weight excluding hydrogens is 174 g/mol. The zero-order valence-electron chi connectivity index (χ0n) is 4.75. The molecule has 0 unspecified atom stereocenters. The van der Waals surface area contributed by atoms with Gasteiger partial charge in [-0.25, -0.2) is 5.14 Å². The van der Waals surface area contributed by atoms with Gasteiger partial charge in [0.2, 0.25) is 0 Å². The van der Waals surface area contributed by atoms with Crippen molar-refractivity contribution in [3.63, 3.8) is 0 Å². The Labute approximate surface area is 56.9 Å². The summed E-state index contributed by atoms with van der Waals surface area (Å²) < 4.78 is 25.2. The van der Waals surface area contributed by atoms with Gasteiger partial charge in [-0.2, -0.15) is 8.42 Å². The van der Waals surface area contributed by atoms with Crippen LogP contribution < -0.4 is 5.14 Å². The lowest BCUT2D eigenvalue weighted by atomic mass is 13.9. The van der Waals surface area contributed by atoms with E-state index in [1.54, 1.807) is 0 Å². The Bertz CT molecular complexity index is 92.4. The second-order valence-corrected chi connectivity index (χ2v) is 1.54. The summed E-state index contributed by atoms with van der Waals surface area (Å²) in [6, 6.07) is 0. The average molecular weight is 187 g/mol. The fourth-order valence-corrected chi connectivity index (χ4v) is 0. The maximum atomic E-state index is 8.97. The lowest BCUT2D eigenvalue weighted by Gasteiger charge is -1.70. The van der Waals surface area contributed by atoms with Crippen LogP contribution in [0.3, 0.4) is 0 Å². The van der Waals surface area contributed by atoms with Crippen molar-refractivity contribution in [2.45, 2.75) is 0 Å². The van der Waals surface area contributed by atoms with Gasteiger partial charge in [0.15, 0.2) is 0 Å². The Morgan fingerprint density at radius 3 is 0.900 bits per heavy atom. The fourth-order valence-electron chi connectivity index (χ4n) is 0. The quantitative estimate of drug-likeness (QED) is 0.353. The summed E-state index contributed by atoms with van der Waals surface area (Å²) in [7, 11) is -4.17. The highest BCUT2D eigenvalue weighted by atomic mass is 32.2. The Morgan fingerprint density at radius 2 is 0.900 bits per heavy atom. The second-order valence-electron chi connectivity index (χ2n) is 0.515. The summed E-state index contributed by atoms with van der Waals surface area (Å²) >= 11 is 0. The summed E-state index contributed by atoms with van der Waals surface area (Å²) in [5.41, 5.74) is 0. The molecule has 72 valence electrons. The van der Waals surface area contributed by atoms with E-state index in [1.807, 2.05) is 0 Å². The predicted molar refractivity (Wildman–Crippen MR) is 33.8 cm³/mol. The van der Waals surface area contributed by atoms with E-state index in [-0.39, 0.29) is 27.4 Å². The Hall–Kier alpha value is -0.330. The molecule has 10 heavy (non-hydrogen) atoms. The van der Waals surface area contributed by atoms with Crippen LogP contribution in [-0.2, 0) is 10.3 Å². The van der Waals surface area contributed by atoms with Crippen molar-refractivity contribution >= 4 is 10.3 Å². The van der Waals surface area contributed by atoms with Crippen molar-refractivity contribution in [1.29, 1.82) is 0 Å². The van der Waals surface area contributed by atoms with Crippen molar-refractivity contribution in [3.05, 3.63) is 0 Å². The second kappa shape index (κ2) is 15.9. The largest absolute Gasteiger partial charge is 0.412 e. The van der Waals surface area contributed by atoms with Gasteiger partial charge < -0.3 is 27.4 Å². The van der Waals surface area contributed by atoms with E-state index in [2.05, 4.69) is 5.14 Å². The molecule has 0 radical (unpaired) electrons. The van der Waals surface area contributed by atoms with Crippen LogP contribution in [0.4, 0.5) is 0 Å². The topological polar surface area (TPSA) is 238 Å². The van der Waals surface area contributed by atoms with Gasteiger partial charge in [-0.15, -0.1) is 0 Å². The summed E-state index contributed by atoms with van der Waals surface area (Å²) in [6.07, 6.45) is 0. The maximum absolute atomic E-state index is 8.97. The van der Waals surface area contributed by atoms with Gasteiger partial charge in [-0.05, 0) is 0 Å². The van der Waals surface area contributed by atoms with Crippen LogP contribution in [0, 0.1) is 0 Å². The molecule has 0 saturated carbocycles. The van der Waals surface area contributed by atoms with Gasteiger partial charge in [0.25, 0.3) is 0 Å². The molecule has 10 heteroatoms. The summed E-state index contributed by atoms with van der Waals surface area (Å²) in [5, 5.41) is 3.88. The van der Waals surface area contributed by atoms with Crippen LogP contribution in [0.5, 0.6) is 0 Å². The van der Waals surface area contributed by atoms with Crippen molar-refractivity contribution in [3.8, 4) is 0 Å². The van der Waals surface area contributed by atoms with Gasteiger partial charge in [-0.1, -0.05) is 0 Å². The first kappa shape index (κ1) is 54.0. The van der Waals surface area contributed by atoms with E-state index >= 15 is 0 Å². The molecule has 0 spiro atoms. The zero-order chi connectivity index (χ0) is 4.50. The monoisotopic (exact) mass is 187 g/mol. The highest BCUT2D eigenvalue weighted by Crippen LogP contribution is 1.50. The number of hydrogen-bond acceptors (Lipinski definition) is 2. The number of hydrogen-bond donors (Lipinski definition) is 2. The van der Waals surface area contributed by atoms with E-state index < -0.39 is 10.3 Å². The van der Waals surface area contributed by atoms with Crippen LogP contribution in [-0.4, -0.2) is 40.4 Å². The van der Waals surface area contributed by atoms with Crippen LogP contribution in [0.1, 0.15) is 0 Å². The molecule has 0 aromatic rings. The third-order valence-corrected chi connectivity index (χ3v) is 0. The van der Waals surface area contributed by atoms with Crippen LogP contribution in [0.2, 0.25) is 0 Å². The molecular formula is H13NO8S. The Balaban J connectivity index is -0.00000000800. The van der Waals surface area contributed by atoms with E-state index in [4.69, 9.17) is 13.0 Å². The van der Waals surface area contributed by atoms with Gasteiger partial charge in [-0.3, -0.25) is 4.55 Å². The van der Waals surface area contributed by atoms with E-state index in [9.17, 15) is 0 Å². The zero-order valence-corrected chi connectivity index (χ0v) is 5.57. The van der Waals surface area contributed by atoms with Crippen molar-refractivity contribution in [2.75, 3.05) is 0 Å². The highest BCUT2D eigenvalue weighted by Gasteiger charge is 1.81. The minimum Gasteiger partial charge on any atom is -0.412 e. The third-order valence-electron chi connectivity index (χ3n) is 0. The molecule has 13 N–H and O–H groups in total. The van der Waals surface area contributed by atoms with Gasteiger partial charge in [0.1, 0.15) is 0 Å². The minimum absolute atomic E-state index is 0. The molecule has 0 saturated heterocycles. The molecule has 0 amide bonds. The summed E-state index contributed by atoms with van der Waals surface area (Å²) in [4.78, 5) is 0. The predicted octanol–water partition coefficient (Wildman–Crippen LogP) is -5.38. The van der Waals surface area contributed by atoms with Gasteiger partial charge in [0, 0.05) is 0 Å². The normalized spacial score (nSPS) is 5.80. The van der Waals surface area contributed by atoms with Gasteiger partial charge >= 0.3 is 10.3 Å². The maximum Gasteiger partial charge on any atom is 0.330 e. The smallest absolute Gasteiger partial charge is 0.330 e. The molecule has 0 aromatic heterocycles. The van der Waals surface area contributed by atoms with E-state index in [0.717, 1.165) is 0 Å². The van der Waals surface area contributed by atoms with E-state index in [1.165, 1.54) is 0 Å². The molecule has 0 aliphatic rings. The molecule has 0 aliphatic carbocycles. The van der Waals surface area contributed by atoms with Crippen LogP contribution in [0.25, 0.3) is 0 Å².